The second-order valence-electron chi connectivity index (χ2n) is 4.59. The molecule has 4 nitrogen and oxygen atoms in total. The Balaban J connectivity index is 2.45. The summed E-state index contributed by atoms with van der Waals surface area (Å²) in [5, 5.41) is 0.234. The molecule has 0 amide bonds. The van der Waals surface area contributed by atoms with Gasteiger partial charge in [0.25, 0.3) is 5.56 Å². The van der Waals surface area contributed by atoms with E-state index in [4.69, 9.17) is 11.6 Å². The van der Waals surface area contributed by atoms with Gasteiger partial charge in [-0.25, -0.2) is 4.79 Å². The number of halogens is 1. The molecule has 18 heavy (non-hydrogen) atoms. The fourth-order valence-electron chi connectivity index (χ4n) is 2.51. The summed E-state index contributed by atoms with van der Waals surface area (Å²) in [6.45, 7) is 0.437. The fourth-order valence-corrected chi connectivity index (χ4v) is 3.20. The molecule has 0 atom stereocenters. The highest BCUT2D eigenvalue weighted by Crippen LogP contribution is 2.34. The number of hydrogen-bond acceptors (Lipinski definition) is 3. The van der Waals surface area contributed by atoms with Crippen molar-refractivity contribution in [1.82, 2.24) is 9.55 Å². The average molecular weight is 289 g/mol. The number of rotatable bonds is 4. The molecule has 1 aliphatic carbocycles. The Morgan fingerprint density at radius 1 is 1.39 bits per heavy atom. The van der Waals surface area contributed by atoms with Crippen LogP contribution in [0.3, 0.4) is 0 Å². The summed E-state index contributed by atoms with van der Waals surface area (Å²) < 4.78 is 1.27. The number of thioether (sulfide) groups is 1. The van der Waals surface area contributed by atoms with E-state index in [0.717, 1.165) is 31.4 Å². The number of nitrogens with one attached hydrogen (secondary N) is 1. The number of hydrogen-bond donors (Lipinski definition) is 1. The molecule has 0 bridgehead atoms. The standard InChI is InChI=1S/C12H17ClN2O2S/c1-18-7-6-15-11(16)9(8-4-2-3-5-8)10(13)14-12(15)17/h8H,2-7H2,1H3,(H,14,17). The monoisotopic (exact) mass is 288 g/mol. The Kier molecular flexibility index (Phi) is 4.56. The summed E-state index contributed by atoms with van der Waals surface area (Å²) in [4.78, 5) is 26.7. The third-order valence-corrected chi connectivity index (χ3v) is 4.35. The van der Waals surface area contributed by atoms with Gasteiger partial charge in [0.1, 0.15) is 5.15 Å². The first-order valence-corrected chi connectivity index (χ1v) is 7.93. The van der Waals surface area contributed by atoms with Gasteiger partial charge in [-0.3, -0.25) is 14.3 Å². The molecule has 100 valence electrons. The predicted octanol–water partition coefficient (Wildman–Crippen LogP) is 2.21. The van der Waals surface area contributed by atoms with E-state index in [2.05, 4.69) is 4.98 Å². The summed E-state index contributed by atoms with van der Waals surface area (Å²) in [5.41, 5.74) is 0.000340. The van der Waals surface area contributed by atoms with Gasteiger partial charge < -0.3 is 0 Å². The first-order chi connectivity index (χ1) is 8.65. The summed E-state index contributed by atoms with van der Waals surface area (Å²) >= 11 is 7.66. The number of nitrogens with zero attached hydrogens (tertiary/aromatic N) is 1. The van der Waals surface area contributed by atoms with Crippen LogP contribution in [-0.2, 0) is 6.54 Å². The Morgan fingerprint density at radius 3 is 2.67 bits per heavy atom. The van der Waals surface area contributed by atoms with E-state index in [-0.39, 0.29) is 16.6 Å². The average Bonchev–Trinajstić information content (AvgIpc) is 2.82. The summed E-state index contributed by atoms with van der Waals surface area (Å²) in [6.07, 6.45) is 6.19. The zero-order chi connectivity index (χ0) is 13.1. The van der Waals surface area contributed by atoms with Gasteiger partial charge in [-0.1, -0.05) is 24.4 Å². The maximum absolute atomic E-state index is 12.4. The van der Waals surface area contributed by atoms with Gasteiger partial charge in [-0.2, -0.15) is 11.8 Å². The van der Waals surface area contributed by atoms with Crippen molar-refractivity contribution in [2.45, 2.75) is 38.1 Å². The Morgan fingerprint density at radius 2 is 2.06 bits per heavy atom. The topological polar surface area (TPSA) is 54.9 Å². The lowest BCUT2D eigenvalue weighted by molar-refractivity contribution is 0.631. The number of H-pyrrole nitrogens is 1. The molecule has 1 aliphatic rings. The number of aromatic nitrogens is 2. The highest BCUT2D eigenvalue weighted by Gasteiger charge is 2.24. The molecule has 1 fully saturated rings. The maximum atomic E-state index is 12.4. The van der Waals surface area contributed by atoms with E-state index in [9.17, 15) is 9.59 Å². The minimum atomic E-state index is -0.402. The van der Waals surface area contributed by atoms with Gasteiger partial charge in [0.2, 0.25) is 0 Å². The first-order valence-electron chi connectivity index (χ1n) is 6.16. The molecular formula is C12H17ClN2O2S. The SMILES string of the molecule is CSCCn1c(=O)[nH]c(Cl)c(C2CCCC2)c1=O. The summed E-state index contributed by atoms with van der Waals surface area (Å²) in [6, 6.07) is 0. The molecule has 1 aromatic rings. The van der Waals surface area contributed by atoms with Crippen LogP contribution in [0.5, 0.6) is 0 Å². The van der Waals surface area contributed by atoms with Crippen LogP contribution >= 0.6 is 23.4 Å². The molecule has 0 unspecified atom stereocenters. The van der Waals surface area contributed by atoms with Gasteiger partial charge >= 0.3 is 5.69 Å². The minimum Gasteiger partial charge on any atom is -0.297 e. The molecule has 1 N–H and O–H groups in total. The van der Waals surface area contributed by atoms with Crippen LogP contribution in [0.25, 0.3) is 0 Å². The van der Waals surface area contributed by atoms with Crippen molar-refractivity contribution >= 4 is 23.4 Å². The molecule has 0 saturated heterocycles. The second-order valence-corrected chi connectivity index (χ2v) is 5.95. The van der Waals surface area contributed by atoms with Crippen LogP contribution < -0.4 is 11.2 Å². The Bertz CT molecular complexity index is 532. The van der Waals surface area contributed by atoms with E-state index in [1.165, 1.54) is 4.57 Å². The molecule has 0 radical (unpaired) electrons. The molecule has 0 spiro atoms. The quantitative estimate of drug-likeness (QED) is 0.864. The summed E-state index contributed by atoms with van der Waals surface area (Å²) in [5.74, 6) is 0.955. The fraction of sp³-hybridized carbons (Fsp3) is 0.667. The van der Waals surface area contributed by atoms with Crippen molar-refractivity contribution in [2.24, 2.45) is 0 Å². The molecule has 2 rings (SSSR count). The van der Waals surface area contributed by atoms with Crippen LogP contribution in [0.4, 0.5) is 0 Å². The van der Waals surface area contributed by atoms with Crippen molar-refractivity contribution < 1.29 is 0 Å². The Hall–Kier alpha value is -0.680. The van der Waals surface area contributed by atoms with E-state index in [1.54, 1.807) is 11.8 Å². The lowest BCUT2D eigenvalue weighted by atomic mass is 10.0. The lowest BCUT2D eigenvalue weighted by Crippen LogP contribution is -2.38. The number of aromatic amines is 1. The van der Waals surface area contributed by atoms with E-state index < -0.39 is 5.69 Å². The molecule has 0 aliphatic heterocycles. The molecular weight excluding hydrogens is 272 g/mol. The first kappa shape index (κ1) is 13.7. The minimum absolute atomic E-state index is 0.204. The van der Waals surface area contributed by atoms with E-state index >= 15 is 0 Å². The molecule has 0 aromatic carbocycles. The van der Waals surface area contributed by atoms with Gasteiger partial charge in [-0.15, -0.1) is 0 Å². The zero-order valence-corrected chi connectivity index (χ0v) is 11.9. The smallest absolute Gasteiger partial charge is 0.297 e. The van der Waals surface area contributed by atoms with Crippen molar-refractivity contribution in [1.29, 1.82) is 0 Å². The van der Waals surface area contributed by atoms with Gasteiger partial charge in [0.15, 0.2) is 0 Å². The second kappa shape index (κ2) is 5.97. The van der Waals surface area contributed by atoms with Crippen molar-refractivity contribution in [3.8, 4) is 0 Å². The maximum Gasteiger partial charge on any atom is 0.329 e. The summed E-state index contributed by atoms with van der Waals surface area (Å²) in [7, 11) is 0. The van der Waals surface area contributed by atoms with E-state index in [0.29, 0.717) is 12.1 Å². The third kappa shape index (κ3) is 2.67. The van der Waals surface area contributed by atoms with Crippen LogP contribution in [-0.4, -0.2) is 21.6 Å². The highest BCUT2D eigenvalue weighted by molar-refractivity contribution is 7.98. The van der Waals surface area contributed by atoms with Crippen molar-refractivity contribution in [3.05, 3.63) is 31.6 Å². The van der Waals surface area contributed by atoms with Crippen LogP contribution in [0.15, 0.2) is 9.59 Å². The van der Waals surface area contributed by atoms with Crippen LogP contribution in [0.2, 0.25) is 5.15 Å². The van der Waals surface area contributed by atoms with Crippen molar-refractivity contribution in [2.75, 3.05) is 12.0 Å². The Labute approximate surface area is 115 Å². The van der Waals surface area contributed by atoms with E-state index in [1.807, 2.05) is 6.26 Å². The van der Waals surface area contributed by atoms with Crippen LogP contribution in [0, 0.1) is 0 Å². The van der Waals surface area contributed by atoms with Crippen molar-refractivity contribution in [3.63, 3.8) is 0 Å². The normalized spacial score (nSPS) is 16.3. The molecule has 1 aromatic heterocycles. The largest absolute Gasteiger partial charge is 0.329 e. The highest BCUT2D eigenvalue weighted by atomic mass is 35.5. The van der Waals surface area contributed by atoms with Gasteiger partial charge in [0.05, 0.1) is 5.56 Å². The predicted molar refractivity (Wildman–Crippen MR) is 75.9 cm³/mol. The molecule has 1 heterocycles. The lowest BCUT2D eigenvalue weighted by Gasteiger charge is -2.13. The van der Waals surface area contributed by atoms with Gasteiger partial charge in [-0.05, 0) is 25.0 Å². The van der Waals surface area contributed by atoms with Crippen LogP contribution in [0.1, 0.15) is 37.2 Å². The molecule has 1 saturated carbocycles. The third-order valence-electron chi connectivity index (χ3n) is 3.46. The van der Waals surface area contributed by atoms with Gasteiger partial charge in [0, 0.05) is 12.3 Å². The molecule has 6 heteroatoms. The zero-order valence-electron chi connectivity index (χ0n) is 10.4.